The van der Waals surface area contributed by atoms with Crippen molar-refractivity contribution in [2.24, 2.45) is 0 Å². The highest BCUT2D eigenvalue weighted by atomic mass is 32.2. The van der Waals surface area contributed by atoms with Crippen LogP contribution in [0.15, 0.2) is 64.5 Å². The molecule has 146 valence electrons. The van der Waals surface area contributed by atoms with E-state index in [1.807, 2.05) is 59.2 Å². The van der Waals surface area contributed by atoms with Crippen molar-refractivity contribution >= 4 is 39.6 Å². The van der Waals surface area contributed by atoms with Crippen molar-refractivity contribution in [3.63, 3.8) is 0 Å². The topological polar surface area (TPSA) is 68.9 Å². The number of aromatic nitrogens is 3. The molecule has 3 heterocycles. The van der Waals surface area contributed by atoms with Gasteiger partial charge < -0.3 is 9.88 Å². The first-order valence-corrected chi connectivity index (χ1v) is 10.7. The number of amides is 1. The van der Waals surface area contributed by atoms with Crippen molar-refractivity contribution in [1.29, 1.82) is 0 Å². The van der Waals surface area contributed by atoms with Gasteiger partial charge in [0.1, 0.15) is 17.6 Å². The number of nitrogens with one attached hydrogen (secondary N) is 1. The van der Waals surface area contributed by atoms with Crippen LogP contribution in [0.25, 0.3) is 21.9 Å². The molecule has 0 atom stereocenters. The number of carbonyl (C=O) groups excluding carboxylic acids is 1. The maximum Gasteiger partial charge on any atom is 0.278 e. The van der Waals surface area contributed by atoms with Gasteiger partial charge in [0.15, 0.2) is 5.16 Å². The van der Waals surface area contributed by atoms with E-state index in [4.69, 9.17) is 4.98 Å². The molecule has 4 aromatic rings. The van der Waals surface area contributed by atoms with Gasteiger partial charge in [0.05, 0.1) is 5.52 Å². The van der Waals surface area contributed by atoms with E-state index in [-0.39, 0.29) is 18.0 Å². The number of nitrogens with zero attached hydrogens (tertiary/aromatic N) is 3. The number of hydrogen-bond acceptors (Lipinski definition) is 4. The lowest BCUT2D eigenvalue weighted by Crippen LogP contribution is -2.30. The monoisotopic (exact) mass is 404 g/mol. The molecule has 1 aliphatic heterocycles. The average molecular weight is 404 g/mol. The molecule has 0 unspecified atom stereocenters. The van der Waals surface area contributed by atoms with Crippen LogP contribution in [-0.4, -0.2) is 32.3 Å². The number of para-hydroxylation sites is 1. The molecule has 1 aliphatic rings. The smallest absolute Gasteiger partial charge is 0.278 e. The summed E-state index contributed by atoms with van der Waals surface area (Å²) < 4.78 is 3.53. The predicted octanol–water partition coefficient (Wildman–Crippen LogP) is 2.82. The molecule has 0 spiro atoms. The highest BCUT2D eigenvalue weighted by Gasteiger charge is 2.23. The van der Waals surface area contributed by atoms with E-state index in [9.17, 15) is 9.59 Å². The third kappa shape index (κ3) is 3.21. The molecule has 0 fully saturated rings. The molecular formula is C22H20N4O2S. The Morgan fingerprint density at radius 1 is 1.10 bits per heavy atom. The van der Waals surface area contributed by atoms with Crippen LogP contribution in [0.4, 0.5) is 0 Å². The van der Waals surface area contributed by atoms with Crippen molar-refractivity contribution in [3.05, 3.63) is 70.5 Å². The first-order valence-electron chi connectivity index (χ1n) is 9.67. The van der Waals surface area contributed by atoms with Gasteiger partial charge in [0, 0.05) is 24.2 Å². The fourth-order valence-corrected chi connectivity index (χ4v) is 4.82. The molecule has 2 aromatic carbocycles. The summed E-state index contributed by atoms with van der Waals surface area (Å²) >= 11 is 1.60. The van der Waals surface area contributed by atoms with Crippen LogP contribution in [0.3, 0.4) is 0 Å². The second kappa shape index (κ2) is 7.40. The summed E-state index contributed by atoms with van der Waals surface area (Å²) in [4.78, 5) is 30.6. The molecule has 29 heavy (non-hydrogen) atoms. The number of benzene rings is 2. The summed E-state index contributed by atoms with van der Waals surface area (Å²) in [5.41, 5.74) is 3.17. The Labute approximate surface area is 171 Å². The van der Waals surface area contributed by atoms with Crippen LogP contribution >= 0.6 is 11.8 Å². The number of rotatable bonds is 5. The number of carbonyl (C=O) groups is 1. The molecule has 0 radical (unpaired) electrons. The number of fused-ring (bicyclic) bond motifs is 4. The van der Waals surface area contributed by atoms with Gasteiger partial charge in [-0.15, -0.1) is 0 Å². The number of thioether (sulfide) groups is 1. The lowest BCUT2D eigenvalue weighted by molar-refractivity contribution is -0.121. The fraction of sp³-hybridized carbons (Fsp3) is 0.227. The SMILES string of the molecule is O=C(Cn1c2ccccc2c2nc3n(c(=O)c21)CCS3)NCCc1ccccc1. The van der Waals surface area contributed by atoms with Gasteiger partial charge in [-0.3, -0.25) is 14.2 Å². The highest BCUT2D eigenvalue weighted by Crippen LogP contribution is 2.29. The van der Waals surface area contributed by atoms with Gasteiger partial charge in [0.2, 0.25) is 5.91 Å². The van der Waals surface area contributed by atoms with Crippen LogP contribution < -0.4 is 10.9 Å². The Kier molecular flexibility index (Phi) is 4.60. The maximum atomic E-state index is 13.1. The van der Waals surface area contributed by atoms with Crippen molar-refractivity contribution in [1.82, 2.24) is 19.4 Å². The Morgan fingerprint density at radius 2 is 1.90 bits per heavy atom. The molecule has 1 N–H and O–H groups in total. The van der Waals surface area contributed by atoms with Gasteiger partial charge >= 0.3 is 0 Å². The largest absolute Gasteiger partial charge is 0.354 e. The quantitative estimate of drug-likeness (QED) is 0.520. The van der Waals surface area contributed by atoms with Gasteiger partial charge in [-0.2, -0.15) is 0 Å². The third-order valence-corrected chi connectivity index (χ3v) is 6.21. The van der Waals surface area contributed by atoms with E-state index >= 15 is 0 Å². The van der Waals surface area contributed by atoms with Gasteiger partial charge in [-0.1, -0.05) is 60.3 Å². The molecule has 7 heteroatoms. The lowest BCUT2D eigenvalue weighted by Gasteiger charge is -2.09. The summed E-state index contributed by atoms with van der Waals surface area (Å²) in [7, 11) is 0. The zero-order valence-corrected chi connectivity index (χ0v) is 16.6. The van der Waals surface area contributed by atoms with Crippen LogP contribution in [0.5, 0.6) is 0 Å². The van der Waals surface area contributed by atoms with Crippen molar-refractivity contribution in [3.8, 4) is 0 Å². The predicted molar refractivity (Wildman–Crippen MR) is 115 cm³/mol. The average Bonchev–Trinajstić information content (AvgIpc) is 3.33. The minimum Gasteiger partial charge on any atom is -0.354 e. The summed E-state index contributed by atoms with van der Waals surface area (Å²) in [5, 5.41) is 4.65. The van der Waals surface area contributed by atoms with Gasteiger partial charge in [-0.05, 0) is 18.1 Å². The van der Waals surface area contributed by atoms with Crippen LogP contribution in [0.1, 0.15) is 5.56 Å². The third-order valence-electron chi connectivity index (χ3n) is 5.26. The second-order valence-corrected chi connectivity index (χ2v) is 8.15. The van der Waals surface area contributed by atoms with Crippen LogP contribution in [-0.2, 0) is 24.3 Å². The zero-order valence-electron chi connectivity index (χ0n) is 15.8. The van der Waals surface area contributed by atoms with Crippen molar-refractivity contribution in [2.75, 3.05) is 12.3 Å². The highest BCUT2D eigenvalue weighted by molar-refractivity contribution is 7.99. The Hall–Kier alpha value is -3.06. The van der Waals surface area contributed by atoms with Gasteiger partial charge in [0.25, 0.3) is 5.56 Å². The molecule has 1 amide bonds. The Morgan fingerprint density at radius 3 is 2.76 bits per heavy atom. The van der Waals surface area contributed by atoms with Crippen LogP contribution in [0, 0.1) is 0 Å². The molecule has 0 saturated heterocycles. The fourth-order valence-electron chi connectivity index (χ4n) is 3.88. The summed E-state index contributed by atoms with van der Waals surface area (Å²) in [6, 6.07) is 17.8. The molecule has 0 bridgehead atoms. The van der Waals surface area contributed by atoms with E-state index in [2.05, 4.69) is 5.32 Å². The summed E-state index contributed by atoms with van der Waals surface area (Å²) in [6.45, 7) is 1.32. The molecule has 5 rings (SSSR count). The molecule has 0 saturated carbocycles. The van der Waals surface area contributed by atoms with Gasteiger partial charge in [-0.25, -0.2) is 4.98 Å². The van der Waals surface area contributed by atoms with E-state index in [1.54, 1.807) is 16.3 Å². The molecular weight excluding hydrogens is 384 g/mol. The zero-order chi connectivity index (χ0) is 19.8. The normalized spacial score (nSPS) is 13.1. The second-order valence-electron chi connectivity index (χ2n) is 7.09. The van der Waals surface area contributed by atoms with Crippen molar-refractivity contribution < 1.29 is 4.79 Å². The molecule has 0 aliphatic carbocycles. The minimum absolute atomic E-state index is 0.0664. The van der Waals surface area contributed by atoms with E-state index < -0.39 is 0 Å². The Bertz CT molecular complexity index is 1280. The molecule has 2 aromatic heterocycles. The van der Waals surface area contributed by atoms with Crippen LogP contribution in [0.2, 0.25) is 0 Å². The van der Waals surface area contributed by atoms with E-state index in [0.717, 1.165) is 28.2 Å². The lowest BCUT2D eigenvalue weighted by atomic mass is 10.1. The Balaban J connectivity index is 1.47. The standard InChI is InChI=1S/C22H20N4O2S/c27-18(23-11-10-15-6-2-1-3-7-15)14-26-17-9-5-4-8-16(17)19-20(26)21(28)25-12-13-29-22(25)24-19/h1-9H,10-14H2,(H,23,27). The minimum atomic E-state index is -0.108. The maximum absolute atomic E-state index is 13.1. The first-order chi connectivity index (χ1) is 14.2. The van der Waals surface area contributed by atoms with E-state index in [0.29, 0.717) is 24.1 Å². The van der Waals surface area contributed by atoms with E-state index in [1.165, 1.54) is 5.56 Å². The molecule has 6 nitrogen and oxygen atoms in total. The number of hydrogen-bond donors (Lipinski definition) is 1. The summed E-state index contributed by atoms with van der Waals surface area (Å²) in [5.74, 6) is 0.745. The summed E-state index contributed by atoms with van der Waals surface area (Å²) in [6.07, 6.45) is 0.773. The van der Waals surface area contributed by atoms with Crippen molar-refractivity contribution in [2.45, 2.75) is 24.7 Å². The first kappa shape index (κ1) is 18.0.